The topological polar surface area (TPSA) is 29.9 Å². The van der Waals surface area contributed by atoms with Crippen molar-refractivity contribution < 1.29 is 0 Å². The molecule has 3 heteroatoms. The first kappa shape index (κ1) is 8.81. The van der Waals surface area contributed by atoms with Gasteiger partial charge in [-0.25, -0.2) is 9.66 Å². The van der Waals surface area contributed by atoms with Crippen LogP contribution in [0.25, 0.3) is 11.0 Å². The van der Waals surface area contributed by atoms with Crippen molar-refractivity contribution in [3.05, 3.63) is 43.2 Å². The Bertz CT molecular complexity index is 444. The van der Waals surface area contributed by atoms with E-state index in [1.807, 2.05) is 41.9 Å². The Balaban J connectivity index is 2.38. The molecule has 1 aromatic heterocycles. The highest BCUT2D eigenvalue weighted by Crippen LogP contribution is 2.10. The minimum atomic E-state index is 0.229. The third-order valence-electron chi connectivity index (χ3n) is 2.15. The van der Waals surface area contributed by atoms with Gasteiger partial charge in [-0.3, -0.25) is 0 Å². The van der Waals surface area contributed by atoms with Crippen LogP contribution in [0.2, 0.25) is 0 Å². The number of nitrogens with zero attached hydrogens (tertiary/aromatic N) is 2. The number of aromatic nitrogens is 2. The number of rotatable bonds is 3. The van der Waals surface area contributed by atoms with E-state index < -0.39 is 0 Å². The highest BCUT2D eigenvalue weighted by Gasteiger charge is 2.01. The summed E-state index contributed by atoms with van der Waals surface area (Å²) in [5, 5.41) is 0. The Morgan fingerprint density at radius 2 is 2.29 bits per heavy atom. The van der Waals surface area contributed by atoms with Gasteiger partial charge in [0.05, 0.1) is 17.1 Å². The van der Waals surface area contributed by atoms with Gasteiger partial charge in [0.1, 0.15) is 6.33 Å². The Labute approximate surface area is 83.0 Å². The molecule has 1 aromatic carbocycles. The summed E-state index contributed by atoms with van der Waals surface area (Å²) in [6, 6.07) is 8.24. The van der Waals surface area contributed by atoms with Crippen LogP contribution in [-0.4, -0.2) is 15.7 Å². The van der Waals surface area contributed by atoms with E-state index in [1.54, 1.807) is 6.33 Å². The number of para-hydroxylation sites is 2. The van der Waals surface area contributed by atoms with Crippen LogP contribution in [0.15, 0.2) is 43.2 Å². The van der Waals surface area contributed by atoms with Crippen molar-refractivity contribution in [2.24, 2.45) is 0 Å². The van der Waals surface area contributed by atoms with E-state index in [0.717, 1.165) is 11.0 Å². The summed E-state index contributed by atoms with van der Waals surface area (Å²) in [4.78, 5) is 4.27. The molecule has 0 aliphatic carbocycles. The van der Waals surface area contributed by atoms with Crippen LogP contribution < -0.4 is 5.43 Å². The van der Waals surface area contributed by atoms with E-state index in [0.29, 0.717) is 0 Å². The summed E-state index contributed by atoms with van der Waals surface area (Å²) in [6.45, 7) is 5.77. The average Bonchev–Trinajstić information content (AvgIpc) is 2.62. The lowest BCUT2D eigenvalue weighted by Gasteiger charge is -2.11. The molecule has 1 unspecified atom stereocenters. The van der Waals surface area contributed by atoms with Gasteiger partial charge < -0.3 is 5.43 Å². The zero-order valence-electron chi connectivity index (χ0n) is 8.14. The first-order valence-electron chi connectivity index (χ1n) is 4.62. The van der Waals surface area contributed by atoms with Gasteiger partial charge in [-0.15, -0.1) is 6.58 Å². The molecular formula is C11H13N3. The van der Waals surface area contributed by atoms with Gasteiger partial charge in [0.25, 0.3) is 0 Å². The van der Waals surface area contributed by atoms with Gasteiger partial charge in [-0.05, 0) is 19.1 Å². The van der Waals surface area contributed by atoms with Crippen molar-refractivity contribution in [1.29, 1.82) is 0 Å². The molecule has 1 heterocycles. The smallest absolute Gasteiger partial charge is 0.115 e. The molecule has 2 aromatic rings. The largest absolute Gasteiger partial charge is 0.318 e. The highest BCUT2D eigenvalue weighted by atomic mass is 15.4. The monoisotopic (exact) mass is 187 g/mol. The van der Waals surface area contributed by atoms with Crippen LogP contribution in [0.5, 0.6) is 0 Å². The maximum atomic E-state index is 4.27. The van der Waals surface area contributed by atoms with E-state index in [-0.39, 0.29) is 6.04 Å². The van der Waals surface area contributed by atoms with Gasteiger partial charge in [0, 0.05) is 0 Å². The maximum absolute atomic E-state index is 4.27. The van der Waals surface area contributed by atoms with Crippen molar-refractivity contribution in [3.8, 4) is 0 Å². The standard InChI is InChI=1S/C11H13N3/c1-3-9(2)13-14-8-12-10-6-4-5-7-11(10)14/h3-9,13H,1H2,2H3. The summed E-state index contributed by atoms with van der Waals surface area (Å²) < 4.78 is 1.92. The Morgan fingerprint density at radius 1 is 1.50 bits per heavy atom. The number of benzene rings is 1. The maximum Gasteiger partial charge on any atom is 0.115 e. The van der Waals surface area contributed by atoms with E-state index in [1.165, 1.54) is 0 Å². The van der Waals surface area contributed by atoms with Crippen molar-refractivity contribution in [3.63, 3.8) is 0 Å². The molecule has 0 radical (unpaired) electrons. The molecule has 0 aliphatic heterocycles. The minimum Gasteiger partial charge on any atom is -0.318 e. The molecule has 1 atom stereocenters. The molecule has 0 amide bonds. The van der Waals surface area contributed by atoms with Gasteiger partial charge in [0.15, 0.2) is 0 Å². The van der Waals surface area contributed by atoms with E-state index in [2.05, 4.69) is 17.0 Å². The van der Waals surface area contributed by atoms with Crippen molar-refractivity contribution in [1.82, 2.24) is 9.66 Å². The van der Waals surface area contributed by atoms with Crippen LogP contribution in [0.4, 0.5) is 0 Å². The van der Waals surface area contributed by atoms with Gasteiger partial charge in [-0.1, -0.05) is 18.2 Å². The van der Waals surface area contributed by atoms with Gasteiger partial charge >= 0.3 is 0 Å². The first-order valence-corrected chi connectivity index (χ1v) is 4.62. The second-order valence-electron chi connectivity index (χ2n) is 3.26. The first-order chi connectivity index (χ1) is 6.81. The fourth-order valence-corrected chi connectivity index (χ4v) is 1.33. The molecule has 72 valence electrons. The second kappa shape index (κ2) is 3.54. The molecule has 0 spiro atoms. The molecule has 14 heavy (non-hydrogen) atoms. The molecule has 3 nitrogen and oxygen atoms in total. The number of hydrogen-bond donors (Lipinski definition) is 1. The Kier molecular flexibility index (Phi) is 2.23. The average molecular weight is 187 g/mol. The van der Waals surface area contributed by atoms with Gasteiger partial charge in [-0.2, -0.15) is 0 Å². The predicted octanol–water partition coefficient (Wildman–Crippen LogP) is 2.15. The lowest BCUT2D eigenvalue weighted by Crippen LogP contribution is -2.21. The fraction of sp³-hybridized carbons (Fsp3) is 0.182. The van der Waals surface area contributed by atoms with Crippen LogP contribution >= 0.6 is 0 Å². The number of hydrogen-bond acceptors (Lipinski definition) is 2. The normalized spacial score (nSPS) is 12.6. The quantitative estimate of drug-likeness (QED) is 0.746. The third kappa shape index (κ3) is 1.48. The summed E-state index contributed by atoms with van der Waals surface area (Å²) in [7, 11) is 0. The van der Waals surface area contributed by atoms with Crippen LogP contribution in [0.1, 0.15) is 6.92 Å². The van der Waals surface area contributed by atoms with Crippen molar-refractivity contribution >= 4 is 11.0 Å². The summed E-state index contributed by atoms with van der Waals surface area (Å²) in [5.41, 5.74) is 5.33. The zero-order chi connectivity index (χ0) is 9.97. The molecule has 0 bridgehead atoms. The minimum absolute atomic E-state index is 0.229. The van der Waals surface area contributed by atoms with E-state index in [4.69, 9.17) is 0 Å². The SMILES string of the molecule is C=CC(C)Nn1cnc2ccccc21. The van der Waals surface area contributed by atoms with Gasteiger partial charge in [0.2, 0.25) is 0 Å². The van der Waals surface area contributed by atoms with Crippen LogP contribution in [-0.2, 0) is 0 Å². The third-order valence-corrected chi connectivity index (χ3v) is 2.15. The van der Waals surface area contributed by atoms with E-state index in [9.17, 15) is 0 Å². The second-order valence-corrected chi connectivity index (χ2v) is 3.26. The van der Waals surface area contributed by atoms with E-state index >= 15 is 0 Å². The predicted molar refractivity (Wildman–Crippen MR) is 58.8 cm³/mol. The summed E-state index contributed by atoms with van der Waals surface area (Å²) in [5.74, 6) is 0. The van der Waals surface area contributed by atoms with Crippen LogP contribution in [0.3, 0.4) is 0 Å². The molecular weight excluding hydrogens is 174 g/mol. The zero-order valence-corrected chi connectivity index (χ0v) is 8.14. The van der Waals surface area contributed by atoms with Crippen LogP contribution in [0, 0.1) is 0 Å². The fourth-order valence-electron chi connectivity index (χ4n) is 1.33. The highest BCUT2D eigenvalue weighted by molar-refractivity contribution is 5.75. The number of nitrogens with one attached hydrogen (secondary N) is 1. The Morgan fingerprint density at radius 3 is 3.07 bits per heavy atom. The molecule has 0 fully saturated rings. The molecule has 0 saturated heterocycles. The molecule has 0 aliphatic rings. The summed E-state index contributed by atoms with van der Waals surface area (Å²) in [6.07, 6.45) is 3.64. The Hall–Kier alpha value is -1.77. The molecule has 2 rings (SSSR count). The number of fused-ring (bicyclic) bond motifs is 1. The lowest BCUT2D eigenvalue weighted by atomic mass is 10.3. The lowest BCUT2D eigenvalue weighted by molar-refractivity contribution is 0.802. The van der Waals surface area contributed by atoms with Crippen molar-refractivity contribution in [2.75, 3.05) is 5.43 Å². The molecule has 1 N–H and O–H groups in total. The molecule has 0 saturated carbocycles. The van der Waals surface area contributed by atoms with Crippen molar-refractivity contribution in [2.45, 2.75) is 13.0 Å². The summed E-state index contributed by atoms with van der Waals surface area (Å²) >= 11 is 0. The number of imidazole rings is 1.